The van der Waals surface area contributed by atoms with Gasteiger partial charge < -0.3 is 10.1 Å². The van der Waals surface area contributed by atoms with E-state index in [4.69, 9.17) is 0 Å². The number of benzene rings is 2. The van der Waals surface area contributed by atoms with Gasteiger partial charge in [0, 0.05) is 23.1 Å². The summed E-state index contributed by atoms with van der Waals surface area (Å²) in [6.07, 6.45) is 0.834. The third-order valence-corrected chi connectivity index (χ3v) is 6.53. The van der Waals surface area contributed by atoms with E-state index in [1.165, 1.54) is 4.57 Å². The van der Waals surface area contributed by atoms with Gasteiger partial charge >= 0.3 is 5.69 Å². The number of hydrogen-bond acceptors (Lipinski definition) is 4. The Kier molecular flexibility index (Phi) is 4.60. The number of aryl methyl sites for hydroxylation is 3. The molecule has 1 aliphatic heterocycles. The van der Waals surface area contributed by atoms with E-state index in [1.807, 2.05) is 63.1 Å². The molecule has 32 heavy (non-hydrogen) atoms. The van der Waals surface area contributed by atoms with E-state index >= 15 is 0 Å². The highest BCUT2D eigenvalue weighted by Crippen LogP contribution is 2.39. The summed E-state index contributed by atoms with van der Waals surface area (Å²) in [6.45, 7) is 6.50. The van der Waals surface area contributed by atoms with E-state index in [1.54, 1.807) is 0 Å². The molecule has 2 aromatic heterocycles. The lowest BCUT2D eigenvalue weighted by atomic mass is 9.93. The molecular formula is C25H26N4O3. The number of para-hydroxylation sites is 1. The zero-order valence-electron chi connectivity index (χ0n) is 18.6. The Morgan fingerprint density at radius 3 is 2.44 bits per heavy atom. The summed E-state index contributed by atoms with van der Waals surface area (Å²) in [5, 5.41) is 12.5. The van der Waals surface area contributed by atoms with Gasteiger partial charge in [0.2, 0.25) is 5.88 Å². The van der Waals surface area contributed by atoms with Crippen LogP contribution in [-0.2, 0) is 6.42 Å². The maximum atomic E-state index is 13.1. The first-order valence-corrected chi connectivity index (χ1v) is 10.7. The SMILES string of the molecule is Cc1cc(C)c(-n2c(O)c(C3c4[nH]c5ccccc5c4CCN3C)c(=O)[nH]c2=O)c(C)c1. The van der Waals surface area contributed by atoms with Crippen molar-refractivity contribution in [1.82, 2.24) is 19.4 Å². The second-order valence-electron chi connectivity index (χ2n) is 8.78. The van der Waals surface area contributed by atoms with Crippen LogP contribution < -0.4 is 11.2 Å². The van der Waals surface area contributed by atoms with Crippen molar-refractivity contribution in [3.63, 3.8) is 0 Å². The minimum Gasteiger partial charge on any atom is -0.494 e. The normalized spacial score (nSPS) is 16.4. The van der Waals surface area contributed by atoms with E-state index < -0.39 is 17.3 Å². The van der Waals surface area contributed by atoms with Gasteiger partial charge in [-0.05, 0) is 57.0 Å². The number of aromatic nitrogens is 3. The Hall–Kier alpha value is -3.58. The Bertz CT molecular complexity index is 1470. The van der Waals surface area contributed by atoms with Gasteiger partial charge in [0.25, 0.3) is 5.56 Å². The highest BCUT2D eigenvalue weighted by Gasteiger charge is 2.35. The molecule has 0 saturated carbocycles. The first-order valence-electron chi connectivity index (χ1n) is 10.7. The summed E-state index contributed by atoms with van der Waals surface area (Å²) in [7, 11) is 1.93. The maximum Gasteiger partial charge on any atom is 0.335 e. The molecule has 0 radical (unpaired) electrons. The second kappa shape index (κ2) is 7.24. The van der Waals surface area contributed by atoms with Crippen molar-refractivity contribution in [1.29, 1.82) is 0 Å². The second-order valence-corrected chi connectivity index (χ2v) is 8.78. The number of aromatic hydroxyl groups is 1. The lowest BCUT2D eigenvalue weighted by molar-refractivity contribution is 0.251. The minimum absolute atomic E-state index is 0.166. The molecule has 2 aromatic carbocycles. The van der Waals surface area contributed by atoms with Gasteiger partial charge in [-0.2, -0.15) is 0 Å². The molecular weight excluding hydrogens is 404 g/mol. The number of nitrogens with one attached hydrogen (secondary N) is 2. The Morgan fingerprint density at radius 1 is 1.03 bits per heavy atom. The number of rotatable bonds is 2. The molecule has 3 heterocycles. The highest BCUT2D eigenvalue weighted by molar-refractivity contribution is 5.85. The molecule has 7 nitrogen and oxygen atoms in total. The summed E-state index contributed by atoms with van der Waals surface area (Å²) in [4.78, 5) is 33.9. The van der Waals surface area contributed by atoms with Crippen LogP contribution in [0.4, 0.5) is 0 Å². The topological polar surface area (TPSA) is 94.1 Å². The van der Waals surface area contributed by atoms with Crippen LogP contribution in [0.15, 0.2) is 46.0 Å². The van der Waals surface area contributed by atoms with Crippen molar-refractivity contribution >= 4 is 10.9 Å². The van der Waals surface area contributed by atoms with E-state index in [-0.39, 0.29) is 11.4 Å². The van der Waals surface area contributed by atoms with Gasteiger partial charge in [-0.25, -0.2) is 9.36 Å². The van der Waals surface area contributed by atoms with Gasteiger partial charge in [0.15, 0.2) is 0 Å². The Morgan fingerprint density at radius 2 is 1.72 bits per heavy atom. The van der Waals surface area contributed by atoms with E-state index in [0.29, 0.717) is 5.69 Å². The quantitative estimate of drug-likeness (QED) is 0.455. The summed E-state index contributed by atoms with van der Waals surface area (Å²) in [5.41, 5.74) is 5.30. The van der Waals surface area contributed by atoms with Gasteiger partial charge in [0.1, 0.15) is 5.56 Å². The van der Waals surface area contributed by atoms with Crippen LogP contribution in [0.25, 0.3) is 16.6 Å². The van der Waals surface area contributed by atoms with Crippen LogP contribution in [0.1, 0.15) is 39.6 Å². The fourth-order valence-electron chi connectivity index (χ4n) is 5.24. The smallest absolute Gasteiger partial charge is 0.335 e. The number of nitrogens with zero attached hydrogens (tertiary/aromatic N) is 2. The van der Waals surface area contributed by atoms with Crippen LogP contribution in [-0.4, -0.2) is 38.1 Å². The van der Waals surface area contributed by atoms with Crippen molar-refractivity contribution in [2.75, 3.05) is 13.6 Å². The summed E-state index contributed by atoms with van der Waals surface area (Å²) < 4.78 is 1.23. The van der Waals surface area contributed by atoms with Crippen molar-refractivity contribution in [2.45, 2.75) is 33.2 Å². The monoisotopic (exact) mass is 430 g/mol. The van der Waals surface area contributed by atoms with Gasteiger partial charge in [-0.3, -0.25) is 14.7 Å². The van der Waals surface area contributed by atoms with Crippen LogP contribution in [0.2, 0.25) is 0 Å². The lowest BCUT2D eigenvalue weighted by Gasteiger charge is -2.33. The highest BCUT2D eigenvalue weighted by atomic mass is 16.3. The van der Waals surface area contributed by atoms with Crippen molar-refractivity contribution in [2.24, 2.45) is 0 Å². The molecule has 164 valence electrons. The average Bonchev–Trinajstić information content (AvgIpc) is 3.09. The number of H-pyrrole nitrogens is 2. The third kappa shape index (κ3) is 2.92. The standard InChI is InChI=1S/C25H26N4O3/c1-13-11-14(2)21(15(3)12-13)29-24(31)19(23(30)27-25(29)32)22-20-17(9-10-28(22)4)16-7-5-6-8-18(16)26-20/h5-8,11-12,22,26,31H,9-10H2,1-4H3,(H,27,30,32). The fraction of sp³-hybridized carbons (Fsp3) is 0.280. The average molecular weight is 431 g/mol. The minimum atomic E-state index is -0.651. The molecule has 0 spiro atoms. The molecule has 5 rings (SSSR count). The largest absolute Gasteiger partial charge is 0.494 e. The molecule has 0 fully saturated rings. The molecule has 4 aromatic rings. The first-order chi connectivity index (χ1) is 15.3. The summed E-state index contributed by atoms with van der Waals surface area (Å²) in [5.74, 6) is -0.322. The molecule has 1 unspecified atom stereocenters. The predicted molar refractivity (Wildman–Crippen MR) is 125 cm³/mol. The zero-order valence-corrected chi connectivity index (χ0v) is 18.6. The third-order valence-electron chi connectivity index (χ3n) is 6.53. The van der Waals surface area contributed by atoms with Crippen LogP contribution in [0.5, 0.6) is 5.88 Å². The van der Waals surface area contributed by atoms with Crippen molar-refractivity contribution in [3.05, 3.63) is 90.7 Å². The molecule has 0 amide bonds. The van der Waals surface area contributed by atoms with Gasteiger partial charge in [-0.1, -0.05) is 35.9 Å². The van der Waals surface area contributed by atoms with Crippen molar-refractivity contribution in [3.8, 4) is 11.6 Å². The van der Waals surface area contributed by atoms with Crippen LogP contribution in [0, 0.1) is 20.8 Å². The van der Waals surface area contributed by atoms with Crippen molar-refractivity contribution < 1.29 is 5.11 Å². The van der Waals surface area contributed by atoms with E-state index in [9.17, 15) is 14.7 Å². The fourth-order valence-corrected chi connectivity index (χ4v) is 5.24. The first kappa shape index (κ1) is 20.3. The molecule has 1 atom stereocenters. The number of hydrogen-bond donors (Lipinski definition) is 3. The van der Waals surface area contributed by atoms with E-state index in [2.05, 4.69) is 16.0 Å². The molecule has 7 heteroatoms. The van der Waals surface area contributed by atoms with Crippen LogP contribution >= 0.6 is 0 Å². The Balaban J connectivity index is 1.81. The van der Waals surface area contributed by atoms with Gasteiger partial charge in [0.05, 0.1) is 11.7 Å². The zero-order chi connectivity index (χ0) is 22.7. The predicted octanol–water partition coefficient (Wildman–Crippen LogP) is 3.22. The maximum absolute atomic E-state index is 13.1. The number of fused-ring (bicyclic) bond motifs is 3. The molecule has 0 aliphatic carbocycles. The Labute approximate surface area is 185 Å². The number of aromatic amines is 2. The summed E-state index contributed by atoms with van der Waals surface area (Å²) >= 11 is 0. The molecule has 0 bridgehead atoms. The lowest BCUT2D eigenvalue weighted by Crippen LogP contribution is -2.39. The van der Waals surface area contributed by atoms with E-state index in [0.717, 1.165) is 51.8 Å². The molecule has 0 saturated heterocycles. The molecule has 1 aliphatic rings. The van der Waals surface area contributed by atoms with Crippen LogP contribution in [0.3, 0.4) is 0 Å². The summed E-state index contributed by atoms with van der Waals surface area (Å²) in [6, 6.07) is 11.5. The number of likely N-dealkylation sites (N-methyl/N-ethyl adjacent to an activating group) is 1. The molecule has 3 N–H and O–H groups in total. The van der Waals surface area contributed by atoms with Gasteiger partial charge in [-0.15, -0.1) is 0 Å².